The molecule has 1 aromatic heterocycles. The van der Waals surface area contributed by atoms with Crippen molar-refractivity contribution in [2.45, 2.75) is 33.2 Å². The van der Waals surface area contributed by atoms with E-state index in [0.717, 1.165) is 21.9 Å². The third-order valence-corrected chi connectivity index (χ3v) is 5.02. The van der Waals surface area contributed by atoms with E-state index in [0.29, 0.717) is 13.0 Å². The summed E-state index contributed by atoms with van der Waals surface area (Å²) in [6.07, 6.45) is 2.46. The van der Waals surface area contributed by atoms with Gasteiger partial charge in [-0.1, -0.05) is 13.3 Å². The molecule has 1 heterocycles. The van der Waals surface area contributed by atoms with Gasteiger partial charge in [-0.15, -0.1) is 0 Å². The van der Waals surface area contributed by atoms with Crippen molar-refractivity contribution in [2.24, 2.45) is 0 Å². The minimum absolute atomic E-state index is 0.0930. The number of rotatable bonds is 8. The molecule has 0 radical (unpaired) electrons. The number of sulfonamides is 1. The van der Waals surface area contributed by atoms with Crippen LogP contribution in [0.2, 0.25) is 0 Å². The molecular weight excluding hydrogens is 350 g/mol. The predicted octanol–water partition coefficient (Wildman–Crippen LogP) is -0.837. The number of nitrogen functional groups attached to an aromatic ring is 1. The van der Waals surface area contributed by atoms with Crippen molar-refractivity contribution in [3.63, 3.8) is 0 Å². The number of nitrogens with one attached hydrogen (secondary N) is 1. The Morgan fingerprint density at radius 3 is 2.36 bits per heavy atom. The van der Waals surface area contributed by atoms with Gasteiger partial charge < -0.3 is 10.6 Å². The Morgan fingerprint density at radius 1 is 1.28 bits per heavy atom. The largest absolute Gasteiger partial charge is 0.383 e. The van der Waals surface area contributed by atoms with Crippen molar-refractivity contribution in [3.05, 3.63) is 20.8 Å². The predicted molar refractivity (Wildman–Crippen MR) is 96.1 cm³/mol. The molecule has 10 nitrogen and oxygen atoms in total. The Kier molecular flexibility index (Phi) is 6.94. The van der Waals surface area contributed by atoms with Crippen LogP contribution in [0.25, 0.3) is 0 Å². The molecule has 3 N–H and O–H groups in total. The van der Waals surface area contributed by atoms with Gasteiger partial charge in [-0.3, -0.25) is 19.1 Å². The van der Waals surface area contributed by atoms with Crippen molar-refractivity contribution in [2.75, 3.05) is 37.0 Å². The van der Waals surface area contributed by atoms with Crippen LogP contribution in [0, 0.1) is 0 Å². The van der Waals surface area contributed by atoms with Gasteiger partial charge >= 0.3 is 5.69 Å². The number of hydrogen-bond donors (Lipinski definition) is 2. The van der Waals surface area contributed by atoms with Crippen LogP contribution in [0.15, 0.2) is 9.59 Å². The lowest BCUT2D eigenvalue weighted by Crippen LogP contribution is -2.45. The number of aromatic amines is 1. The zero-order chi connectivity index (χ0) is 19.4. The number of likely N-dealkylation sites (N-methyl/N-ethyl adjacent to an activating group) is 2. The highest BCUT2D eigenvalue weighted by molar-refractivity contribution is 7.88. The molecule has 0 aliphatic rings. The second-order valence-corrected chi connectivity index (χ2v) is 7.74. The van der Waals surface area contributed by atoms with E-state index in [1.54, 1.807) is 6.92 Å². The van der Waals surface area contributed by atoms with Crippen molar-refractivity contribution in [1.82, 2.24) is 13.9 Å². The molecule has 0 aliphatic carbocycles. The molecule has 0 spiro atoms. The zero-order valence-corrected chi connectivity index (χ0v) is 15.7. The van der Waals surface area contributed by atoms with E-state index >= 15 is 0 Å². The van der Waals surface area contributed by atoms with E-state index < -0.39 is 33.7 Å². The van der Waals surface area contributed by atoms with Gasteiger partial charge in [0.25, 0.3) is 5.56 Å². The van der Waals surface area contributed by atoms with E-state index in [-0.39, 0.29) is 18.1 Å². The van der Waals surface area contributed by atoms with Gasteiger partial charge in [0.2, 0.25) is 15.9 Å². The van der Waals surface area contributed by atoms with Crippen LogP contribution in [0.5, 0.6) is 0 Å². The fraction of sp³-hybridized carbons (Fsp3) is 0.643. The molecule has 0 bridgehead atoms. The maximum Gasteiger partial charge on any atom is 0.330 e. The summed E-state index contributed by atoms with van der Waals surface area (Å²) in [5, 5.41) is 0. The van der Waals surface area contributed by atoms with E-state index in [4.69, 9.17) is 5.73 Å². The smallest absolute Gasteiger partial charge is 0.330 e. The lowest BCUT2D eigenvalue weighted by Gasteiger charge is -2.25. The van der Waals surface area contributed by atoms with Crippen LogP contribution in [0.3, 0.4) is 0 Å². The van der Waals surface area contributed by atoms with Crippen LogP contribution < -0.4 is 21.9 Å². The van der Waals surface area contributed by atoms with Crippen LogP contribution in [-0.4, -0.2) is 54.6 Å². The van der Waals surface area contributed by atoms with E-state index in [1.807, 2.05) is 6.92 Å². The summed E-state index contributed by atoms with van der Waals surface area (Å²) >= 11 is 0. The minimum Gasteiger partial charge on any atom is -0.383 e. The molecule has 0 aromatic carbocycles. The first-order valence-corrected chi connectivity index (χ1v) is 9.73. The highest BCUT2D eigenvalue weighted by Gasteiger charge is 2.25. The van der Waals surface area contributed by atoms with Crippen molar-refractivity contribution in [3.8, 4) is 0 Å². The summed E-state index contributed by atoms with van der Waals surface area (Å²) in [7, 11) is -2.29. The van der Waals surface area contributed by atoms with Gasteiger partial charge in [0.05, 0.1) is 12.8 Å². The second kappa shape index (κ2) is 8.30. The Balaban J connectivity index is 3.33. The molecule has 0 atom stereocenters. The summed E-state index contributed by atoms with van der Waals surface area (Å²) in [5.74, 6) is -0.729. The Morgan fingerprint density at radius 2 is 1.88 bits per heavy atom. The summed E-state index contributed by atoms with van der Waals surface area (Å²) < 4.78 is 25.0. The van der Waals surface area contributed by atoms with Crippen molar-refractivity contribution in [1.29, 1.82) is 0 Å². The lowest BCUT2D eigenvalue weighted by atomic mass is 10.3. The van der Waals surface area contributed by atoms with E-state index in [9.17, 15) is 22.8 Å². The summed E-state index contributed by atoms with van der Waals surface area (Å²) in [4.78, 5) is 39.9. The fourth-order valence-electron chi connectivity index (χ4n) is 2.23. The SMILES string of the molecule is CCCCn1c(N)c(N(CC)C(=O)CN(C)S(C)(=O)=O)c(=O)[nH]c1=O. The summed E-state index contributed by atoms with van der Waals surface area (Å²) in [6, 6.07) is 0. The molecule has 0 saturated carbocycles. The van der Waals surface area contributed by atoms with Crippen LogP contribution >= 0.6 is 0 Å². The molecule has 11 heteroatoms. The number of aromatic nitrogens is 2. The average Bonchev–Trinajstić information content (AvgIpc) is 2.49. The first kappa shape index (κ1) is 20.9. The molecule has 25 heavy (non-hydrogen) atoms. The topological polar surface area (TPSA) is 139 Å². The molecule has 0 unspecified atom stereocenters. The standard InChI is InChI=1S/C14H25N5O5S/c1-5-7-8-19-12(15)11(13(21)16-14(19)22)18(6-2)10(20)9-17(3)25(4,23)24/h5-9,15H2,1-4H3,(H,16,21,22). The van der Waals surface area contributed by atoms with E-state index in [2.05, 4.69) is 4.98 Å². The second-order valence-electron chi connectivity index (χ2n) is 5.66. The molecule has 0 aliphatic heterocycles. The normalized spacial score (nSPS) is 11.7. The molecule has 0 fully saturated rings. The number of nitrogens with two attached hydrogens (primary N) is 1. The first-order valence-electron chi connectivity index (χ1n) is 7.88. The number of anilines is 2. The van der Waals surface area contributed by atoms with Crippen molar-refractivity contribution < 1.29 is 13.2 Å². The van der Waals surface area contributed by atoms with Crippen LogP contribution in [0.4, 0.5) is 11.5 Å². The number of carbonyl (C=O) groups is 1. The Bertz CT molecular complexity index is 842. The molecule has 142 valence electrons. The van der Waals surface area contributed by atoms with E-state index in [1.165, 1.54) is 11.6 Å². The van der Waals surface area contributed by atoms with Gasteiger partial charge in [-0.05, 0) is 13.3 Å². The maximum absolute atomic E-state index is 12.5. The highest BCUT2D eigenvalue weighted by Crippen LogP contribution is 2.17. The molecule has 1 aromatic rings. The third kappa shape index (κ3) is 4.92. The molecular formula is C14H25N5O5S. The Labute approximate surface area is 146 Å². The Hall–Kier alpha value is -2.14. The van der Waals surface area contributed by atoms with Gasteiger partial charge in [-0.2, -0.15) is 4.31 Å². The maximum atomic E-state index is 12.5. The lowest BCUT2D eigenvalue weighted by molar-refractivity contribution is -0.118. The van der Waals surface area contributed by atoms with Crippen molar-refractivity contribution >= 4 is 27.4 Å². The number of carbonyl (C=O) groups excluding carboxylic acids is 1. The van der Waals surface area contributed by atoms with Crippen LogP contribution in [-0.2, 0) is 21.4 Å². The van der Waals surface area contributed by atoms with Crippen LogP contribution in [0.1, 0.15) is 26.7 Å². The minimum atomic E-state index is -3.56. The van der Waals surface area contributed by atoms with Gasteiger partial charge in [-0.25, -0.2) is 13.2 Å². The fourth-order valence-corrected chi connectivity index (χ4v) is 2.57. The number of H-pyrrole nitrogens is 1. The average molecular weight is 375 g/mol. The highest BCUT2D eigenvalue weighted by atomic mass is 32.2. The number of nitrogens with zero attached hydrogens (tertiary/aromatic N) is 3. The first-order chi connectivity index (χ1) is 11.5. The summed E-state index contributed by atoms with van der Waals surface area (Å²) in [5.41, 5.74) is 4.40. The molecule has 1 rings (SSSR count). The van der Waals surface area contributed by atoms with Gasteiger partial charge in [0, 0.05) is 20.1 Å². The quantitative estimate of drug-likeness (QED) is 0.608. The molecule has 1 amide bonds. The summed E-state index contributed by atoms with van der Waals surface area (Å²) in [6.45, 7) is 3.52. The number of hydrogen-bond acceptors (Lipinski definition) is 6. The van der Waals surface area contributed by atoms with Gasteiger partial charge in [0.1, 0.15) is 5.82 Å². The number of unbranched alkanes of at least 4 members (excludes halogenated alkanes) is 1. The molecule has 0 saturated heterocycles. The monoisotopic (exact) mass is 375 g/mol. The zero-order valence-electron chi connectivity index (χ0n) is 14.9. The third-order valence-electron chi connectivity index (χ3n) is 3.76. The number of amides is 1. The van der Waals surface area contributed by atoms with Gasteiger partial charge in [0.15, 0.2) is 5.69 Å².